The molecule has 1 saturated carbocycles. The van der Waals surface area contributed by atoms with E-state index in [1.54, 1.807) is 4.31 Å². The molecule has 1 aliphatic heterocycles. The van der Waals surface area contributed by atoms with Crippen molar-refractivity contribution in [3.63, 3.8) is 0 Å². The molecule has 1 heterocycles. The maximum atomic E-state index is 12.1. The zero-order valence-corrected chi connectivity index (χ0v) is 12.4. The number of nitrogens with one attached hydrogen (secondary N) is 1. The van der Waals surface area contributed by atoms with Crippen molar-refractivity contribution < 1.29 is 8.42 Å². The van der Waals surface area contributed by atoms with Crippen molar-refractivity contribution in [2.75, 3.05) is 25.4 Å². The van der Waals surface area contributed by atoms with Crippen LogP contribution in [0.25, 0.3) is 0 Å². The van der Waals surface area contributed by atoms with Gasteiger partial charge in [0, 0.05) is 25.7 Å². The highest BCUT2D eigenvalue weighted by molar-refractivity contribution is 7.89. The predicted octanol–water partition coefficient (Wildman–Crippen LogP) is 1.44. The summed E-state index contributed by atoms with van der Waals surface area (Å²) in [7, 11) is -3.03. The summed E-state index contributed by atoms with van der Waals surface area (Å²) in [6.07, 6.45) is 4.46. The van der Waals surface area contributed by atoms with Gasteiger partial charge in [-0.15, -0.1) is 0 Å². The molecule has 0 unspecified atom stereocenters. The molecule has 0 aromatic heterocycles. The third-order valence-corrected chi connectivity index (χ3v) is 6.08. The Kier molecular flexibility index (Phi) is 4.67. The molecule has 1 saturated heterocycles. The molecular weight excluding hydrogens is 248 g/mol. The lowest BCUT2D eigenvalue weighted by molar-refractivity contribution is 0.226. The fourth-order valence-electron chi connectivity index (χ4n) is 2.63. The molecule has 0 amide bonds. The minimum Gasteiger partial charge on any atom is -0.313 e. The van der Waals surface area contributed by atoms with Gasteiger partial charge in [0.1, 0.15) is 0 Å². The number of hydrogen-bond donors (Lipinski definition) is 1. The fraction of sp³-hybridized carbons (Fsp3) is 1.00. The quantitative estimate of drug-likeness (QED) is 0.797. The average Bonchev–Trinajstić information content (AvgIpc) is 3.13. The van der Waals surface area contributed by atoms with E-state index in [2.05, 4.69) is 19.2 Å². The summed E-state index contributed by atoms with van der Waals surface area (Å²) < 4.78 is 26.0. The van der Waals surface area contributed by atoms with E-state index in [0.717, 1.165) is 12.8 Å². The van der Waals surface area contributed by atoms with Gasteiger partial charge in [0.05, 0.1) is 5.75 Å². The second kappa shape index (κ2) is 5.88. The van der Waals surface area contributed by atoms with Gasteiger partial charge in [-0.05, 0) is 37.5 Å². The van der Waals surface area contributed by atoms with Crippen molar-refractivity contribution in [3.05, 3.63) is 0 Å². The molecule has 106 valence electrons. The van der Waals surface area contributed by atoms with E-state index in [1.807, 2.05) is 0 Å². The highest BCUT2D eigenvalue weighted by Crippen LogP contribution is 2.26. The molecule has 1 N–H and O–H groups in total. The molecule has 0 aromatic rings. The molecule has 2 rings (SSSR count). The average molecular weight is 274 g/mol. The van der Waals surface area contributed by atoms with Crippen LogP contribution in [0.1, 0.15) is 39.5 Å². The minimum atomic E-state index is -3.03. The predicted molar refractivity (Wildman–Crippen MR) is 73.9 cm³/mol. The van der Waals surface area contributed by atoms with E-state index in [4.69, 9.17) is 0 Å². The first-order valence-electron chi connectivity index (χ1n) is 7.20. The van der Waals surface area contributed by atoms with Crippen LogP contribution in [0.4, 0.5) is 0 Å². The van der Waals surface area contributed by atoms with Gasteiger partial charge in [0.25, 0.3) is 0 Å². The second-order valence-corrected chi connectivity index (χ2v) is 8.11. The number of sulfonamides is 1. The van der Waals surface area contributed by atoms with Gasteiger partial charge in [0.2, 0.25) is 10.0 Å². The van der Waals surface area contributed by atoms with Gasteiger partial charge in [-0.25, -0.2) is 12.7 Å². The number of piperidine rings is 1. The zero-order chi connectivity index (χ0) is 13.2. The van der Waals surface area contributed by atoms with Gasteiger partial charge in [-0.3, -0.25) is 0 Å². The molecule has 2 fully saturated rings. The van der Waals surface area contributed by atoms with E-state index in [0.29, 0.717) is 37.5 Å². The lowest BCUT2D eigenvalue weighted by Gasteiger charge is -2.33. The van der Waals surface area contributed by atoms with E-state index < -0.39 is 10.0 Å². The van der Waals surface area contributed by atoms with Crippen LogP contribution in [0.5, 0.6) is 0 Å². The molecule has 18 heavy (non-hydrogen) atoms. The molecule has 0 spiro atoms. The summed E-state index contributed by atoms with van der Waals surface area (Å²) in [4.78, 5) is 0. The maximum absolute atomic E-state index is 12.1. The monoisotopic (exact) mass is 274 g/mol. The number of hydrogen-bond acceptors (Lipinski definition) is 3. The van der Waals surface area contributed by atoms with Crippen molar-refractivity contribution in [3.8, 4) is 0 Å². The third kappa shape index (κ3) is 3.93. The van der Waals surface area contributed by atoms with Crippen molar-refractivity contribution in [2.45, 2.75) is 45.6 Å². The first kappa shape index (κ1) is 14.3. The number of rotatable bonds is 6. The highest BCUT2D eigenvalue weighted by atomic mass is 32.2. The summed E-state index contributed by atoms with van der Waals surface area (Å²) >= 11 is 0. The zero-order valence-electron chi connectivity index (χ0n) is 11.6. The van der Waals surface area contributed by atoms with Gasteiger partial charge in [-0.2, -0.15) is 0 Å². The molecule has 5 heteroatoms. The summed E-state index contributed by atoms with van der Waals surface area (Å²) in [6, 6.07) is 0.590. The molecule has 0 radical (unpaired) electrons. The summed E-state index contributed by atoms with van der Waals surface area (Å²) in [6.45, 7) is 6.50. The van der Waals surface area contributed by atoms with Crippen molar-refractivity contribution in [1.29, 1.82) is 0 Å². The Labute approximate surface area is 111 Å². The minimum absolute atomic E-state index is 0.260. The summed E-state index contributed by atoms with van der Waals surface area (Å²) in [5.74, 6) is 1.63. The van der Waals surface area contributed by atoms with Crippen LogP contribution in [0.3, 0.4) is 0 Å². The Morgan fingerprint density at radius 3 is 2.28 bits per heavy atom. The molecular formula is C13H26N2O2S. The lowest BCUT2D eigenvalue weighted by atomic mass is 9.87. The smallest absolute Gasteiger partial charge is 0.215 e. The first-order chi connectivity index (χ1) is 8.49. The van der Waals surface area contributed by atoms with E-state index in [9.17, 15) is 8.42 Å². The van der Waals surface area contributed by atoms with Crippen LogP contribution < -0.4 is 5.32 Å². The topological polar surface area (TPSA) is 49.4 Å². The van der Waals surface area contributed by atoms with Gasteiger partial charge in [0.15, 0.2) is 0 Å². The molecule has 4 nitrogen and oxygen atoms in total. The Balaban J connectivity index is 1.75. The molecule has 1 aliphatic carbocycles. The lowest BCUT2D eigenvalue weighted by Crippen LogP contribution is -2.42. The van der Waals surface area contributed by atoms with E-state index in [-0.39, 0.29) is 5.75 Å². The Morgan fingerprint density at radius 1 is 1.17 bits per heavy atom. The van der Waals surface area contributed by atoms with Crippen LogP contribution >= 0.6 is 0 Å². The van der Waals surface area contributed by atoms with Gasteiger partial charge < -0.3 is 5.32 Å². The second-order valence-electron chi connectivity index (χ2n) is 6.02. The van der Waals surface area contributed by atoms with E-state index in [1.165, 1.54) is 12.8 Å². The summed E-state index contributed by atoms with van der Waals surface area (Å²) in [5.41, 5.74) is 0. The van der Waals surface area contributed by atoms with Gasteiger partial charge >= 0.3 is 0 Å². The standard InChI is InChI=1S/C13H26N2O2S/c1-11(2)12-5-8-15(9-6-12)18(16,17)10-7-14-13-3-4-13/h11-14H,3-10H2,1-2H3. The SMILES string of the molecule is CC(C)C1CCN(S(=O)(=O)CCNC2CC2)CC1. The Bertz CT molecular complexity index is 355. The normalized spacial score (nSPS) is 23.7. The van der Waals surface area contributed by atoms with Gasteiger partial charge in [-0.1, -0.05) is 13.8 Å². The van der Waals surface area contributed by atoms with Crippen molar-refractivity contribution in [2.24, 2.45) is 11.8 Å². The third-order valence-electron chi connectivity index (χ3n) is 4.21. The van der Waals surface area contributed by atoms with Crippen LogP contribution in [-0.4, -0.2) is 44.2 Å². The van der Waals surface area contributed by atoms with E-state index >= 15 is 0 Å². The van der Waals surface area contributed by atoms with Crippen LogP contribution in [-0.2, 0) is 10.0 Å². The molecule has 0 atom stereocenters. The van der Waals surface area contributed by atoms with Crippen LogP contribution in [0, 0.1) is 11.8 Å². The van der Waals surface area contributed by atoms with Crippen LogP contribution in [0.15, 0.2) is 0 Å². The highest BCUT2D eigenvalue weighted by Gasteiger charge is 2.29. The maximum Gasteiger partial charge on any atom is 0.215 e. The first-order valence-corrected chi connectivity index (χ1v) is 8.81. The number of nitrogens with zero attached hydrogens (tertiary/aromatic N) is 1. The molecule has 0 bridgehead atoms. The Hall–Kier alpha value is -0.130. The van der Waals surface area contributed by atoms with Crippen molar-refractivity contribution in [1.82, 2.24) is 9.62 Å². The fourth-order valence-corrected chi connectivity index (χ4v) is 4.03. The molecule has 0 aromatic carbocycles. The Morgan fingerprint density at radius 2 is 1.78 bits per heavy atom. The van der Waals surface area contributed by atoms with Crippen molar-refractivity contribution >= 4 is 10.0 Å². The van der Waals surface area contributed by atoms with Crippen LogP contribution in [0.2, 0.25) is 0 Å². The summed E-state index contributed by atoms with van der Waals surface area (Å²) in [5, 5.41) is 3.27. The molecule has 2 aliphatic rings. The largest absolute Gasteiger partial charge is 0.313 e.